The van der Waals surface area contributed by atoms with Crippen molar-refractivity contribution in [1.82, 2.24) is 4.90 Å². The van der Waals surface area contributed by atoms with Crippen LogP contribution in [0.2, 0.25) is 0 Å². The van der Waals surface area contributed by atoms with Crippen LogP contribution < -0.4 is 0 Å². The number of furan rings is 1. The van der Waals surface area contributed by atoms with Crippen molar-refractivity contribution >= 4 is 6.09 Å². The number of halogens is 3. The van der Waals surface area contributed by atoms with Gasteiger partial charge >= 0.3 is 12.3 Å². The molecule has 0 radical (unpaired) electrons. The Morgan fingerprint density at radius 2 is 2.22 bits per heavy atom. The predicted molar refractivity (Wildman–Crippen MR) is 53.6 cm³/mol. The number of amides is 1. The van der Waals surface area contributed by atoms with Crippen molar-refractivity contribution < 1.29 is 32.2 Å². The molecule has 1 aromatic heterocycles. The predicted octanol–water partition coefficient (Wildman–Crippen LogP) is 1.77. The van der Waals surface area contributed by atoms with E-state index in [0.717, 1.165) is 0 Å². The standard InChI is InChI=1S/C10H12F3NO4/c11-10(12,13)7-14(9(16)18-5-3-15)6-8-2-1-4-17-8/h1-2,4,15H,3,5-7H2. The summed E-state index contributed by atoms with van der Waals surface area (Å²) in [7, 11) is 0. The molecular formula is C10H12F3NO4. The molecule has 1 rings (SSSR count). The van der Waals surface area contributed by atoms with Crippen molar-refractivity contribution in [2.45, 2.75) is 12.7 Å². The van der Waals surface area contributed by atoms with E-state index >= 15 is 0 Å². The van der Waals surface area contributed by atoms with Crippen molar-refractivity contribution in [3.63, 3.8) is 0 Å². The molecule has 0 spiro atoms. The first kappa shape index (κ1) is 14.4. The second-order valence-corrected chi connectivity index (χ2v) is 3.39. The quantitative estimate of drug-likeness (QED) is 0.883. The lowest BCUT2D eigenvalue weighted by Crippen LogP contribution is -2.39. The number of rotatable bonds is 5. The molecule has 0 atom stereocenters. The van der Waals surface area contributed by atoms with Crippen LogP contribution in [0.5, 0.6) is 0 Å². The van der Waals surface area contributed by atoms with E-state index in [-0.39, 0.29) is 18.9 Å². The molecule has 5 nitrogen and oxygen atoms in total. The molecule has 0 aromatic carbocycles. The van der Waals surface area contributed by atoms with E-state index in [0.29, 0.717) is 4.90 Å². The van der Waals surface area contributed by atoms with Gasteiger partial charge in [0.1, 0.15) is 18.9 Å². The normalized spacial score (nSPS) is 11.3. The SMILES string of the molecule is O=C(OCCO)N(Cc1ccco1)CC(F)(F)F. The van der Waals surface area contributed by atoms with E-state index in [4.69, 9.17) is 9.52 Å². The van der Waals surface area contributed by atoms with E-state index in [1.807, 2.05) is 0 Å². The fourth-order valence-electron chi connectivity index (χ4n) is 1.22. The maximum absolute atomic E-state index is 12.3. The van der Waals surface area contributed by atoms with E-state index in [2.05, 4.69) is 4.74 Å². The second kappa shape index (κ2) is 6.29. The number of alkyl halides is 3. The van der Waals surface area contributed by atoms with Gasteiger partial charge in [0, 0.05) is 0 Å². The molecule has 102 valence electrons. The van der Waals surface area contributed by atoms with Gasteiger partial charge in [-0.1, -0.05) is 0 Å². The Kier molecular flexibility index (Phi) is 5.02. The van der Waals surface area contributed by atoms with E-state index in [1.165, 1.54) is 18.4 Å². The fourth-order valence-corrected chi connectivity index (χ4v) is 1.22. The van der Waals surface area contributed by atoms with Crippen molar-refractivity contribution in [3.8, 4) is 0 Å². The largest absolute Gasteiger partial charge is 0.467 e. The molecule has 18 heavy (non-hydrogen) atoms. The number of ether oxygens (including phenoxy) is 1. The molecule has 1 amide bonds. The highest BCUT2D eigenvalue weighted by Crippen LogP contribution is 2.19. The number of hydrogen-bond acceptors (Lipinski definition) is 4. The smallest absolute Gasteiger partial charge is 0.410 e. The summed E-state index contributed by atoms with van der Waals surface area (Å²) in [5, 5.41) is 8.45. The summed E-state index contributed by atoms with van der Waals surface area (Å²) in [6.45, 7) is -2.60. The van der Waals surface area contributed by atoms with Crippen LogP contribution in [0.3, 0.4) is 0 Å². The Labute approximate surface area is 101 Å². The lowest BCUT2D eigenvalue weighted by Gasteiger charge is -2.22. The number of carbonyl (C=O) groups is 1. The second-order valence-electron chi connectivity index (χ2n) is 3.39. The minimum Gasteiger partial charge on any atom is -0.467 e. The Hall–Kier alpha value is -1.70. The zero-order valence-corrected chi connectivity index (χ0v) is 9.31. The summed E-state index contributed by atoms with van der Waals surface area (Å²) in [5.74, 6) is 0.209. The zero-order chi connectivity index (χ0) is 13.6. The molecule has 1 aromatic rings. The average Bonchev–Trinajstić information content (AvgIpc) is 2.75. The molecular weight excluding hydrogens is 255 g/mol. The van der Waals surface area contributed by atoms with Gasteiger partial charge in [-0.2, -0.15) is 13.2 Å². The molecule has 1 N–H and O–H groups in total. The molecule has 0 bridgehead atoms. The lowest BCUT2D eigenvalue weighted by atomic mass is 10.4. The van der Waals surface area contributed by atoms with E-state index < -0.39 is 25.4 Å². The summed E-state index contributed by atoms with van der Waals surface area (Å²) in [4.78, 5) is 11.8. The monoisotopic (exact) mass is 267 g/mol. The summed E-state index contributed by atoms with van der Waals surface area (Å²) >= 11 is 0. The molecule has 0 saturated heterocycles. The van der Waals surface area contributed by atoms with Gasteiger partial charge in [-0.15, -0.1) is 0 Å². The number of aliphatic hydroxyl groups is 1. The maximum atomic E-state index is 12.3. The van der Waals surface area contributed by atoms with Gasteiger partial charge in [-0.05, 0) is 12.1 Å². The molecule has 8 heteroatoms. The highest BCUT2D eigenvalue weighted by molar-refractivity contribution is 5.67. The van der Waals surface area contributed by atoms with Gasteiger partial charge in [0.15, 0.2) is 0 Å². The van der Waals surface area contributed by atoms with Crippen LogP contribution in [0.25, 0.3) is 0 Å². The zero-order valence-electron chi connectivity index (χ0n) is 9.31. The minimum atomic E-state index is -4.54. The molecule has 0 fully saturated rings. The van der Waals surface area contributed by atoms with Crippen LogP contribution in [0.15, 0.2) is 22.8 Å². The van der Waals surface area contributed by atoms with Gasteiger partial charge in [-0.3, -0.25) is 4.90 Å². The summed E-state index contributed by atoms with van der Waals surface area (Å²) < 4.78 is 46.2. The van der Waals surface area contributed by atoms with E-state index in [9.17, 15) is 18.0 Å². The van der Waals surface area contributed by atoms with Crippen molar-refractivity contribution in [1.29, 1.82) is 0 Å². The van der Waals surface area contributed by atoms with Gasteiger partial charge in [0.25, 0.3) is 0 Å². The highest BCUT2D eigenvalue weighted by Gasteiger charge is 2.34. The number of aliphatic hydroxyl groups excluding tert-OH is 1. The Morgan fingerprint density at radius 3 is 2.72 bits per heavy atom. The molecule has 0 aliphatic carbocycles. The van der Waals surface area contributed by atoms with Crippen molar-refractivity contribution in [2.24, 2.45) is 0 Å². The highest BCUT2D eigenvalue weighted by atomic mass is 19.4. The van der Waals surface area contributed by atoms with Crippen molar-refractivity contribution in [3.05, 3.63) is 24.2 Å². The number of carbonyl (C=O) groups excluding carboxylic acids is 1. The first-order chi connectivity index (χ1) is 8.42. The molecule has 0 aliphatic rings. The molecule has 0 saturated carbocycles. The lowest BCUT2D eigenvalue weighted by molar-refractivity contribution is -0.144. The molecule has 0 unspecified atom stereocenters. The first-order valence-electron chi connectivity index (χ1n) is 5.04. The minimum absolute atomic E-state index is 0.209. The fraction of sp³-hybridized carbons (Fsp3) is 0.500. The van der Waals surface area contributed by atoms with Gasteiger partial charge < -0.3 is 14.3 Å². The first-order valence-corrected chi connectivity index (χ1v) is 5.04. The third-order valence-electron chi connectivity index (χ3n) is 1.87. The van der Waals surface area contributed by atoms with Crippen LogP contribution in [-0.2, 0) is 11.3 Å². The Balaban J connectivity index is 2.65. The Morgan fingerprint density at radius 1 is 1.50 bits per heavy atom. The van der Waals surface area contributed by atoms with Gasteiger partial charge in [0.05, 0.1) is 19.4 Å². The third kappa shape index (κ3) is 5.09. The van der Waals surface area contributed by atoms with Crippen LogP contribution in [0, 0.1) is 0 Å². The van der Waals surface area contributed by atoms with Crippen LogP contribution >= 0.6 is 0 Å². The number of nitrogens with zero attached hydrogens (tertiary/aromatic N) is 1. The van der Waals surface area contributed by atoms with Crippen molar-refractivity contribution in [2.75, 3.05) is 19.8 Å². The molecule has 0 aliphatic heterocycles. The maximum Gasteiger partial charge on any atom is 0.410 e. The third-order valence-corrected chi connectivity index (χ3v) is 1.87. The topological polar surface area (TPSA) is 62.9 Å². The number of hydrogen-bond donors (Lipinski definition) is 1. The van der Waals surface area contributed by atoms with Crippen LogP contribution in [-0.4, -0.2) is 42.0 Å². The molecule has 1 heterocycles. The van der Waals surface area contributed by atoms with Crippen LogP contribution in [0.1, 0.15) is 5.76 Å². The summed E-state index contributed by atoms with van der Waals surface area (Å²) in [6.07, 6.45) is -4.40. The summed E-state index contributed by atoms with van der Waals surface area (Å²) in [6, 6.07) is 2.95. The summed E-state index contributed by atoms with van der Waals surface area (Å²) in [5.41, 5.74) is 0. The average molecular weight is 267 g/mol. The Bertz CT molecular complexity index is 364. The van der Waals surface area contributed by atoms with Crippen LogP contribution in [0.4, 0.5) is 18.0 Å². The van der Waals surface area contributed by atoms with E-state index in [1.54, 1.807) is 0 Å². The van der Waals surface area contributed by atoms with Gasteiger partial charge in [0.2, 0.25) is 0 Å². The van der Waals surface area contributed by atoms with Gasteiger partial charge in [-0.25, -0.2) is 4.79 Å².